The molecule has 0 amide bonds. The van der Waals surface area contributed by atoms with Gasteiger partial charge in [0.2, 0.25) is 0 Å². The van der Waals surface area contributed by atoms with Crippen molar-refractivity contribution in [2.45, 2.75) is 12.2 Å². The highest BCUT2D eigenvalue weighted by Crippen LogP contribution is 2.04. The second kappa shape index (κ2) is 6.05. The van der Waals surface area contributed by atoms with Crippen LogP contribution >= 0.6 is 0 Å². The van der Waals surface area contributed by atoms with E-state index in [1.54, 1.807) is 6.08 Å². The summed E-state index contributed by atoms with van der Waals surface area (Å²) in [6.07, 6.45) is 0.144. The molecule has 0 saturated heterocycles. The minimum Gasteiger partial charge on any atom is -0.467 e. The first-order valence-corrected chi connectivity index (χ1v) is 4.82. The van der Waals surface area contributed by atoms with Crippen LogP contribution in [0.4, 0.5) is 0 Å². The number of carbonyl (C=O) groups excluding carboxylic acids is 1. The first kappa shape index (κ1) is 12.4. The predicted molar refractivity (Wildman–Crippen MR) is 59.5 cm³/mol. The van der Waals surface area contributed by atoms with Gasteiger partial charge in [-0.25, -0.2) is 4.79 Å². The van der Waals surface area contributed by atoms with Crippen LogP contribution in [0.2, 0.25) is 0 Å². The van der Waals surface area contributed by atoms with E-state index in [4.69, 9.17) is 0 Å². The maximum absolute atomic E-state index is 10.9. The molecule has 2 atom stereocenters. The number of hydrogen-bond acceptors (Lipinski definition) is 4. The quantitative estimate of drug-likeness (QED) is 0.732. The molecule has 16 heavy (non-hydrogen) atoms. The number of hydrogen-bond donors (Lipinski definition) is 2. The second-order valence-corrected chi connectivity index (χ2v) is 3.23. The van der Waals surface area contributed by atoms with Gasteiger partial charge in [-0.05, 0) is 5.56 Å². The van der Waals surface area contributed by atoms with Gasteiger partial charge in [-0.2, -0.15) is 0 Å². The number of esters is 1. The van der Waals surface area contributed by atoms with Crippen LogP contribution in [-0.4, -0.2) is 35.5 Å². The molecular formula is C12H14O4. The molecule has 0 aliphatic heterocycles. The van der Waals surface area contributed by atoms with E-state index in [9.17, 15) is 15.0 Å². The summed E-state index contributed by atoms with van der Waals surface area (Å²) in [5.41, 5.74) is 0.874. The molecule has 0 radical (unpaired) electrons. The molecule has 1 aromatic carbocycles. The van der Waals surface area contributed by atoms with Crippen molar-refractivity contribution in [1.82, 2.24) is 0 Å². The van der Waals surface area contributed by atoms with Gasteiger partial charge in [-0.3, -0.25) is 0 Å². The molecule has 86 valence electrons. The first-order valence-electron chi connectivity index (χ1n) is 4.82. The zero-order valence-corrected chi connectivity index (χ0v) is 8.91. The fraction of sp³-hybridized carbons (Fsp3) is 0.250. The number of aliphatic hydroxyl groups excluding tert-OH is 2. The van der Waals surface area contributed by atoms with Gasteiger partial charge in [0.25, 0.3) is 0 Å². The summed E-state index contributed by atoms with van der Waals surface area (Å²) in [6, 6.07) is 9.25. The van der Waals surface area contributed by atoms with E-state index in [-0.39, 0.29) is 0 Å². The van der Waals surface area contributed by atoms with E-state index >= 15 is 0 Å². The second-order valence-electron chi connectivity index (χ2n) is 3.23. The Hall–Kier alpha value is -1.65. The molecule has 0 aliphatic rings. The molecule has 0 bridgehead atoms. The molecule has 1 rings (SSSR count). The molecule has 4 heteroatoms. The molecule has 1 aromatic rings. The molecular weight excluding hydrogens is 208 g/mol. The van der Waals surface area contributed by atoms with Crippen LogP contribution in [0.25, 0.3) is 6.08 Å². The van der Waals surface area contributed by atoms with Crippen LogP contribution in [0.5, 0.6) is 0 Å². The van der Waals surface area contributed by atoms with Crippen molar-refractivity contribution in [3.63, 3.8) is 0 Å². The lowest BCUT2D eigenvalue weighted by molar-refractivity contribution is -0.154. The van der Waals surface area contributed by atoms with Gasteiger partial charge in [0, 0.05) is 0 Å². The fourth-order valence-electron chi connectivity index (χ4n) is 1.14. The highest BCUT2D eigenvalue weighted by molar-refractivity contribution is 5.75. The summed E-state index contributed by atoms with van der Waals surface area (Å²) in [6.45, 7) is 0. The first-order chi connectivity index (χ1) is 7.65. The van der Waals surface area contributed by atoms with Crippen LogP contribution in [-0.2, 0) is 9.53 Å². The number of methoxy groups -OCH3 is 1. The van der Waals surface area contributed by atoms with E-state index in [0.717, 1.165) is 12.7 Å². The summed E-state index contributed by atoms with van der Waals surface area (Å²) in [4.78, 5) is 10.9. The van der Waals surface area contributed by atoms with Crippen molar-refractivity contribution in [3.05, 3.63) is 42.0 Å². The standard InChI is InChI=1S/C12H14O4/c1-16-12(15)11(14)10(13)8-7-9-5-3-2-4-6-9/h2-8,10-11,13-14H,1H3/t10?,11-/m1/s1. The third kappa shape index (κ3) is 3.49. The maximum atomic E-state index is 10.9. The van der Waals surface area contributed by atoms with Crippen LogP contribution in [0, 0.1) is 0 Å². The summed E-state index contributed by atoms with van der Waals surface area (Å²) in [5.74, 6) is -0.856. The molecule has 4 nitrogen and oxygen atoms in total. The average molecular weight is 222 g/mol. The van der Waals surface area contributed by atoms with Gasteiger partial charge in [0.05, 0.1) is 7.11 Å². The summed E-state index contributed by atoms with van der Waals surface area (Å²) < 4.78 is 4.30. The Morgan fingerprint density at radius 1 is 1.31 bits per heavy atom. The molecule has 0 fully saturated rings. The van der Waals surface area contributed by atoms with Gasteiger partial charge in [0.15, 0.2) is 6.10 Å². The Kier molecular flexibility index (Phi) is 4.69. The van der Waals surface area contributed by atoms with Crippen LogP contribution in [0.15, 0.2) is 36.4 Å². The van der Waals surface area contributed by atoms with E-state index in [0.29, 0.717) is 0 Å². The molecule has 0 aliphatic carbocycles. The summed E-state index contributed by atoms with van der Waals surface area (Å²) >= 11 is 0. The minimum atomic E-state index is -1.55. The molecule has 0 saturated carbocycles. The lowest BCUT2D eigenvalue weighted by Gasteiger charge is -2.11. The number of ether oxygens (including phenoxy) is 1. The Morgan fingerprint density at radius 3 is 2.50 bits per heavy atom. The fourth-order valence-corrected chi connectivity index (χ4v) is 1.14. The smallest absolute Gasteiger partial charge is 0.337 e. The molecule has 0 heterocycles. The summed E-state index contributed by atoms with van der Waals surface area (Å²) in [5, 5.41) is 18.7. The zero-order valence-electron chi connectivity index (χ0n) is 8.91. The largest absolute Gasteiger partial charge is 0.467 e. The predicted octanol–water partition coefficient (Wildman–Crippen LogP) is 0.595. The molecule has 1 unspecified atom stereocenters. The number of benzene rings is 1. The third-order valence-corrected chi connectivity index (χ3v) is 2.05. The number of rotatable bonds is 4. The molecule has 2 N–H and O–H groups in total. The Balaban J connectivity index is 2.61. The SMILES string of the molecule is COC(=O)[C@H](O)C(O)C=Cc1ccccc1. The lowest BCUT2D eigenvalue weighted by Crippen LogP contribution is -2.33. The van der Waals surface area contributed by atoms with Gasteiger partial charge in [-0.15, -0.1) is 0 Å². The Morgan fingerprint density at radius 2 is 1.94 bits per heavy atom. The Bertz CT molecular complexity index is 359. The Labute approximate surface area is 93.8 Å². The molecule has 0 spiro atoms. The summed E-state index contributed by atoms with van der Waals surface area (Å²) in [7, 11) is 1.15. The number of carbonyl (C=O) groups is 1. The highest BCUT2D eigenvalue weighted by atomic mass is 16.5. The van der Waals surface area contributed by atoms with Crippen molar-refractivity contribution in [3.8, 4) is 0 Å². The monoisotopic (exact) mass is 222 g/mol. The van der Waals surface area contributed by atoms with Crippen molar-refractivity contribution in [2.24, 2.45) is 0 Å². The molecule has 0 aromatic heterocycles. The number of aliphatic hydroxyl groups is 2. The third-order valence-electron chi connectivity index (χ3n) is 2.05. The highest BCUT2D eigenvalue weighted by Gasteiger charge is 2.22. The van der Waals surface area contributed by atoms with Crippen LogP contribution in [0.1, 0.15) is 5.56 Å². The van der Waals surface area contributed by atoms with Crippen molar-refractivity contribution in [2.75, 3.05) is 7.11 Å². The van der Waals surface area contributed by atoms with Crippen molar-refractivity contribution >= 4 is 12.0 Å². The van der Waals surface area contributed by atoms with E-state index < -0.39 is 18.2 Å². The minimum absolute atomic E-state index is 0.856. The maximum Gasteiger partial charge on any atom is 0.337 e. The van der Waals surface area contributed by atoms with Crippen molar-refractivity contribution in [1.29, 1.82) is 0 Å². The zero-order chi connectivity index (χ0) is 12.0. The lowest BCUT2D eigenvalue weighted by atomic mass is 10.1. The van der Waals surface area contributed by atoms with Crippen molar-refractivity contribution < 1.29 is 19.7 Å². The normalized spacial score (nSPS) is 14.7. The van der Waals surface area contributed by atoms with E-state index in [2.05, 4.69) is 4.74 Å². The average Bonchev–Trinajstić information content (AvgIpc) is 2.35. The van der Waals surface area contributed by atoms with Gasteiger partial charge < -0.3 is 14.9 Å². The van der Waals surface area contributed by atoms with Gasteiger partial charge >= 0.3 is 5.97 Å². The van der Waals surface area contributed by atoms with E-state index in [1.165, 1.54) is 6.08 Å². The van der Waals surface area contributed by atoms with Gasteiger partial charge in [-0.1, -0.05) is 42.5 Å². The van der Waals surface area contributed by atoms with Gasteiger partial charge in [0.1, 0.15) is 6.10 Å². The topological polar surface area (TPSA) is 66.8 Å². The van der Waals surface area contributed by atoms with Crippen LogP contribution in [0.3, 0.4) is 0 Å². The van der Waals surface area contributed by atoms with E-state index in [1.807, 2.05) is 30.3 Å². The van der Waals surface area contributed by atoms with Crippen LogP contribution < -0.4 is 0 Å².